The number of carbonyl (C=O) groups excluding carboxylic acids is 2. The molecule has 28 heavy (non-hydrogen) atoms. The molecular formula is C14H13N5O7S2. The molecule has 1 saturated heterocycles. The highest BCUT2D eigenvalue weighted by Gasteiger charge is 2.52. The van der Waals surface area contributed by atoms with Crippen LogP contribution in [0.15, 0.2) is 21.6 Å². The second-order valence-corrected chi connectivity index (χ2v) is 7.34. The van der Waals surface area contributed by atoms with Gasteiger partial charge < -0.3 is 26.1 Å². The van der Waals surface area contributed by atoms with Crippen LogP contribution in [0.3, 0.4) is 0 Å². The third kappa shape index (κ3) is 3.77. The van der Waals surface area contributed by atoms with Gasteiger partial charge in [-0.15, -0.1) is 23.1 Å². The van der Waals surface area contributed by atoms with Gasteiger partial charge in [0.2, 0.25) is 6.61 Å². The van der Waals surface area contributed by atoms with Gasteiger partial charge in [0, 0.05) is 16.5 Å². The number of carboxylic acid groups (broad SMARTS) is 2. The van der Waals surface area contributed by atoms with Gasteiger partial charge in [-0.05, 0) is 0 Å². The van der Waals surface area contributed by atoms with E-state index in [1.807, 2.05) is 0 Å². The Labute approximate surface area is 165 Å². The van der Waals surface area contributed by atoms with E-state index < -0.39 is 42.4 Å². The number of hydrogen-bond acceptors (Lipinski definition) is 10. The molecule has 2 aliphatic heterocycles. The summed E-state index contributed by atoms with van der Waals surface area (Å²) in [4.78, 5) is 56.4. The van der Waals surface area contributed by atoms with Crippen molar-refractivity contribution in [3.8, 4) is 0 Å². The van der Waals surface area contributed by atoms with Crippen LogP contribution in [0.25, 0.3) is 0 Å². The molecule has 3 heterocycles. The lowest BCUT2D eigenvalue weighted by Gasteiger charge is -2.48. The van der Waals surface area contributed by atoms with Gasteiger partial charge in [-0.25, -0.2) is 14.6 Å². The summed E-state index contributed by atoms with van der Waals surface area (Å²) in [5.74, 6) is -3.53. The first kappa shape index (κ1) is 19.6. The summed E-state index contributed by atoms with van der Waals surface area (Å²) in [5, 5.41) is 26.7. The van der Waals surface area contributed by atoms with Crippen molar-refractivity contribution in [2.75, 3.05) is 18.1 Å². The van der Waals surface area contributed by atoms with Crippen LogP contribution in [-0.4, -0.2) is 74.0 Å². The number of hydrogen-bond donors (Lipinski definition) is 4. The minimum Gasteiger partial charge on any atom is -0.479 e. The van der Waals surface area contributed by atoms with Crippen molar-refractivity contribution >= 4 is 57.7 Å². The predicted octanol–water partition coefficient (Wildman–Crippen LogP) is -1.10. The number of nitrogens with two attached hydrogens (primary N) is 1. The van der Waals surface area contributed by atoms with E-state index in [9.17, 15) is 19.2 Å². The Bertz CT molecular complexity index is 912. The predicted molar refractivity (Wildman–Crippen MR) is 97.4 cm³/mol. The van der Waals surface area contributed by atoms with E-state index in [2.05, 4.69) is 20.3 Å². The molecule has 2 aliphatic rings. The van der Waals surface area contributed by atoms with Gasteiger partial charge in [0.05, 0.1) is 6.04 Å². The maximum absolute atomic E-state index is 12.6. The smallest absolute Gasteiger partial charge is 0.353 e. The van der Waals surface area contributed by atoms with Gasteiger partial charge >= 0.3 is 11.9 Å². The minimum absolute atomic E-state index is 0.0538. The molecule has 1 aromatic rings. The molecule has 0 aromatic carbocycles. The zero-order valence-electron chi connectivity index (χ0n) is 13.9. The summed E-state index contributed by atoms with van der Waals surface area (Å²) in [7, 11) is 0. The van der Waals surface area contributed by atoms with Gasteiger partial charge in [-0.3, -0.25) is 14.5 Å². The molecule has 3 rings (SSSR count). The number of rotatable bonds is 7. The standard InChI is InChI=1S/C14H13N5O7S2/c15-14-16-5(2-28-14)9(18-26-1-8(20)21)11(22)17-10-6-3-27-4-7(13(24)25)19(6)12(10)23/h2,4,6,10H,1,3H2,(H2,15,16)(H,17,22)(H,20,21)(H,24,25). The van der Waals surface area contributed by atoms with E-state index in [-0.39, 0.29) is 22.2 Å². The van der Waals surface area contributed by atoms with Crippen molar-refractivity contribution < 1.29 is 34.2 Å². The minimum atomic E-state index is -1.29. The lowest BCUT2D eigenvalue weighted by molar-refractivity contribution is -0.153. The maximum atomic E-state index is 12.6. The number of carbonyl (C=O) groups is 4. The Morgan fingerprint density at radius 3 is 2.79 bits per heavy atom. The molecule has 14 heteroatoms. The first-order valence-electron chi connectivity index (χ1n) is 7.61. The molecule has 0 aliphatic carbocycles. The molecule has 1 fully saturated rings. The third-order valence-electron chi connectivity index (χ3n) is 3.77. The van der Waals surface area contributed by atoms with Crippen molar-refractivity contribution in [3.05, 3.63) is 22.2 Å². The topological polar surface area (TPSA) is 185 Å². The SMILES string of the molecule is Nc1nc(C(=NOCC(=O)O)C(=O)NC2C(=O)N3C(C(=O)O)=CSCC23)cs1. The first-order chi connectivity index (χ1) is 13.3. The fourth-order valence-corrected chi connectivity index (χ4v) is 4.12. The molecule has 2 unspecified atom stereocenters. The molecule has 1 aromatic heterocycles. The fourth-order valence-electron chi connectivity index (χ4n) is 2.57. The zero-order chi connectivity index (χ0) is 20.4. The monoisotopic (exact) mass is 427 g/mol. The van der Waals surface area contributed by atoms with Gasteiger partial charge in [0.1, 0.15) is 17.4 Å². The Hall–Kier alpha value is -3.13. The van der Waals surface area contributed by atoms with E-state index in [1.165, 1.54) is 22.5 Å². The maximum Gasteiger partial charge on any atom is 0.353 e. The summed E-state index contributed by atoms with van der Waals surface area (Å²) < 4.78 is 0. The molecule has 0 spiro atoms. The average molecular weight is 427 g/mol. The highest BCUT2D eigenvalue weighted by molar-refractivity contribution is 8.02. The van der Waals surface area contributed by atoms with Crippen LogP contribution in [-0.2, 0) is 24.0 Å². The van der Waals surface area contributed by atoms with Crippen molar-refractivity contribution in [1.82, 2.24) is 15.2 Å². The summed E-state index contributed by atoms with van der Waals surface area (Å²) in [6, 6.07) is -1.48. The molecule has 0 saturated carbocycles. The summed E-state index contributed by atoms with van der Waals surface area (Å²) in [6.07, 6.45) is 0. The van der Waals surface area contributed by atoms with E-state index in [1.54, 1.807) is 0 Å². The van der Waals surface area contributed by atoms with Crippen molar-refractivity contribution in [2.45, 2.75) is 12.1 Å². The second-order valence-electron chi connectivity index (χ2n) is 5.55. The first-order valence-corrected chi connectivity index (χ1v) is 9.54. The summed E-state index contributed by atoms with van der Waals surface area (Å²) in [6.45, 7) is -0.779. The van der Waals surface area contributed by atoms with Gasteiger partial charge in [-0.2, -0.15) is 0 Å². The molecule has 148 valence electrons. The average Bonchev–Trinajstić information content (AvgIpc) is 3.07. The number of thiazole rings is 1. The number of nitrogens with zero attached hydrogens (tertiary/aromatic N) is 3. The fraction of sp³-hybridized carbons (Fsp3) is 0.286. The Morgan fingerprint density at radius 2 is 2.18 bits per heavy atom. The van der Waals surface area contributed by atoms with Crippen LogP contribution >= 0.6 is 23.1 Å². The summed E-state index contributed by atoms with van der Waals surface area (Å²) in [5.41, 5.74) is 5.10. The van der Waals surface area contributed by atoms with Gasteiger partial charge in [0.25, 0.3) is 11.8 Å². The number of oxime groups is 1. The van der Waals surface area contributed by atoms with Crippen molar-refractivity contribution in [1.29, 1.82) is 0 Å². The summed E-state index contributed by atoms with van der Waals surface area (Å²) >= 11 is 2.25. The second kappa shape index (κ2) is 7.85. The largest absolute Gasteiger partial charge is 0.479 e. The van der Waals surface area contributed by atoms with Crippen LogP contribution in [0.2, 0.25) is 0 Å². The Balaban J connectivity index is 1.76. The van der Waals surface area contributed by atoms with E-state index >= 15 is 0 Å². The number of amides is 2. The molecule has 0 radical (unpaired) electrons. The number of nitrogen functional groups attached to an aromatic ring is 1. The number of carboxylic acids is 2. The number of aromatic nitrogens is 1. The van der Waals surface area contributed by atoms with Crippen molar-refractivity contribution in [3.63, 3.8) is 0 Å². The number of nitrogens with one attached hydrogen (secondary N) is 1. The normalized spacial score (nSPS) is 21.3. The zero-order valence-corrected chi connectivity index (χ0v) is 15.5. The van der Waals surface area contributed by atoms with Crippen LogP contribution in [0, 0.1) is 0 Å². The third-order valence-corrected chi connectivity index (χ3v) is 5.37. The molecule has 2 amide bonds. The van der Waals surface area contributed by atoms with Crippen LogP contribution in [0.5, 0.6) is 0 Å². The highest BCUT2D eigenvalue weighted by Crippen LogP contribution is 2.34. The van der Waals surface area contributed by atoms with Gasteiger partial charge in [-0.1, -0.05) is 5.16 Å². The number of fused-ring (bicyclic) bond motifs is 1. The Morgan fingerprint density at radius 1 is 1.43 bits per heavy atom. The number of anilines is 1. The quantitative estimate of drug-likeness (QED) is 0.236. The van der Waals surface area contributed by atoms with Crippen molar-refractivity contribution in [2.24, 2.45) is 5.16 Å². The lowest BCUT2D eigenvalue weighted by Crippen LogP contribution is -2.72. The van der Waals surface area contributed by atoms with Crippen LogP contribution in [0.4, 0.5) is 5.13 Å². The number of aliphatic carboxylic acids is 2. The molecule has 2 atom stereocenters. The van der Waals surface area contributed by atoms with Crippen LogP contribution in [0.1, 0.15) is 5.69 Å². The van der Waals surface area contributed by atoms with E-state index in [4.69, 9.17) is 15.9 Å². The van der Waals surface area contributed by atoms with E-state index in [0.717, 1.165) is 16.2 Å². The molecule has 5 N–H and O–H groups in total. The van der Waals surface area contributed by atoms with E-state index in [0.29, 0.717) is 5.75 Å². The highest BCUT2D eigenvalue weighted by atomic mass is 32.2. The molecule has 0 bridgehead atoms. The van der Waals surface area contributed by atoms with Crippen LogP contribution < -0.4 is 11.1 Å². The number of β-lactam (4-membered cyclic amide) rings is 1. The lowest BCUT2D eigenvalue weighted by atomic mass is 9.95. The van der Waals surface area contributed by atoms with Gasteiger partial charge in [0.15, 0.2) is 10.8 Å². The number of thioether (sulfide) groups is 1. The Kier molecular flexibility index (Phi) is 5.51. The molecular weight excluding hydrogens is 414 g/mol. The molecule has 12 nitrogen and oxygen atoms in total.